The molecule has 0 spiro atoms. The second-order valence-electron chi connectivity index (χ2n) is 8.47. The molecule has 2 amide bonds. The topological polar surface area (TPSA) is 110 Å². The van der Waals surface area contributed by atoms with E-state index in [-0.39, 0.29) is 22.1 Å². The van der Waals surface area contributed by atoms with Crippen LogP contribution in [-0.2, 0) is 14.8 Å². The highest BCUT2D eigenvalue weighted by molar-refractivity contribution is 7.89. The van der Waals surface area contributed by atoms with Crippen molar-refractivity contribution in [2.75, 3.05) is 24.5 Å². The van der Waals surface area contributed by atoms with E-state index in [1.54, 1.807) is 11.8 Å². The Kier molecular flexibility index (Phi) is 7.09. The van der Waals surface area contributed by atoms with Crippen LogP contribution in [0.2, 0.25) is 0 Å². The van der Waals surface area contributed by atoms with Gasteiger partial charge in [0.2, 0.25) is 10.0 Å². The lowest BCUT2D eigenvalue weighted by atomic mass is 10.1. The summed E-state index contributed by atoms with van der Waals surface area (Å²) in [4.78, 5) is 27.2. The van der Waals surface area contributed by atoms with Gasteiger partial charge in [-0.15, -0.1) is 0 Å². The predicted molar refractivity (Wildman–Crippen MR) is 135 cm³/mol. The van der Waals surface area contributed by atoms with Gasteiger partial charge in [0, 0.05) is 25.0 Å². The first-order valence-electron chi connectivity index (χ1n) is 11.6. The number of benzene rings is 3. The Labute approximate surface area is 205 Å². The fourth-order valence-electron chi connectivity index (χ4n) is 4.39. The standard InChI is InChI=1S/C26H29N3O5S/c1-3-29(23-12-8-10-19-9-4-5-11-21(19)23)26(31)18(2)34-24-14-13-20(17-22(24)25(27)30)35(32,33)28-15-6-7-16-28/h4-5,8-14,17-18H,3,6-7,15-16H2,1-2H3,(H2,27,30). The number of nitrogens with two attached hydrogens (primary N) is 1. The summed E-state index contributed by atoms with van der Waals surface area (Å²) in [6.07, 6.45) is 0.647. The average Bonchev–Trinajstić information content (AvgIpc) is 3.40. The molecule has 1 atom stereocenters. The maximum Gasteiger partial charge on any atom is 0.267 e. The second-order valence-corrected chi connectivity index (χ2v) is 10.4. The van der Waals surface area contributed by atoms with Gasteiger partial charge in [-0.3, -0.25) is 9.59 Å². The third-order valence-corrected chi connectivity index (χ3v) is 8.11. The molecule has 1 heterocycles. The van der Waals surface area contributed by atoms with Crippen molar-refractivity contribution in [2.45, 2.75) is 37.7 Å². The number of fused-ring (bicyclic) bond motifs is 1. The van der Waals surface area contributed by atoms with E-state index >= 15 is 0 Å². The fraction of sp³-hybridized carbons (Fsp3) is 0.308. The van der Waals surface area contributed by atoms with Gasteiger partial charge in [-0.1, -0.05) is 36.4 Å². The van der Waals surface area contributed by atoms with Crippen LogP contribution in [0.3, 0.4) is 0 Å². The Bertz CT molecular complexity index is 1360. The van der Waals surface area contributed by atoms with Crippen molar-refractivity contribution >= 4 is 38.3 Å². The van der Waals surface area contributed by atoms with Crippen LogP contribution < -0.4 is 15.4 Å². The number of sulfonamides is 1. The first kappa shape index (κ1) is 24.7. The zero-order valence-electron chi connectivity index (χ0n) is 19.8. The lowest BCUT2D eigenvalue weighted by Gasteiger charge is -2.26. The quantitative estimate of drug-likeness (QED) is 0.514. The number of carbonyl (C=O) groups excluding carboxylic acids is 2. The number of carbonyl (C=O) groups is 2. The van der Waals surface area contributed by atoms with E-state index in [9.17, 15) is 18.0 Å². The third-order valence-electron chi connectivity index (χ3n) is 6.21. The molecule has 1 saturated heterocycles. The first-order chi connectivity index (χ1) is 16.7. The summed E-state index contributed by atoms with van der Waals surface area (Å²) in [5.41, 5.74) is 6.22. The molecule has 0 bridgehead atoms. The Morgan fingerprint density at radius 3 is 2.43 bits per heavy atom. The number of anilines is 1. The van der Waals surface area contributed by atoms with Crippen LogP contribution in [0.1, 0.15) is 37.0 Å². The molecule has 35 heavy (non-hydrogen) atoms. The normalized spacial score (nSPS) is 15.1. The van der Waals surface area contributed by atoms with Crippen LogP contribution in [0, 0.1) is 0 Å². The lowest BCUT2D eigenvalue weighted by molar-refractivity contribution is -0.124. The number of hydrogen-bond donors (Lipinski definition) is 1. The van der Waals surface area contributed by atoms with E-state index in [1.807, 2.05) is 49.4 Å². The van der Waals surface area contributed by atoms with E-state index < -0.39 is 22.0 Å². The molecule has 2 N–H and O–H groups in total. The molecule has 1 aliphatic heterocycles. The van der Waals surface area contributed by atoms with Gasteiger partial charge < -0.3 is 15.4 Å². The van der Waals surface area contributed by atoms with Crippen LogP contribution in [0.15, 0.2) is 65.6 Å². The van der Waals surface area contributed by atoms with Crippen molar-refractivity contribution in [2.24, 2.45) is 5.73 Å². The number of rotatable bonds is 8. The van der Waals surface area contributed by atoms with Gasteiger partial charge in [-0.05, 0) is 56.3 Å². The van der Waals surface area contributed by atoms with Crippen LogP contribution in [0.4, 0.5) is 5.69 Å². The van der Waals surface area contributed by atoms with E-state index in [1.165, 1.54) is 22.5 Å². The molecule has 9 heteroatoms. The highest BCUT2D eigenvalue weighted by Gasteiger charge is 2.30. The molecule has 1 fully saturated rings. The molecule has 0 aliphatic carbocycles. The van der Waals surface area contributed by atoms with E-state index in [4.69, 9.17) is 10.5 Å². The summed E-state index contributed by atoms with van der Waals surface area (Å²) < 4.78 is 33.1. The van der Waals surface area contributed by atoms with Crippen molar-refractivity contribution in [1.29, 1.82) is 0 Å². The highest BCUT2D eigenvalue weighted by Crippen LogP contribution is 2.30. The number of nitrogens with zero attached hydrogens (tertiary/aromatic N) is 2. The van der Waals surface area contributed by atoms with E-state index in [0.717, 1.165) is 29.3 Å². The van der Waals surface area contributed by atoms with Crippen molar-refractivity contribution < 1.29 is 22.7 Å². The molecular weight excluding hydrogens is 466 g/mol. The Morgan fingerprint density at radius 2 is 1.74 bits per heavy atom. The lowest BCUT2D eigenvalue weighted by Crippen LogP contribution is -2.41. The molecule has 8 nitrogen and oxygen atoms in total. The second kappa shape index (κ2) is 10.1. The minimum atomic E-state index is -3.74. The maximum atomic E-state index is 13.4. The number of primary amides is 1. The molecule has 3 aromatic rings. The molecule has 0 radical (unpaired) electrons. The molecule has 4 rings (SSSR count). The monoisotopic (exact) mass is 495 g/mol. The summed E-state index contributed by atoms with van der Waals surface area (Å²) in [5, 5.41) is 1.95. The molecule has 184 valence electrons. The minimum Gasteiger partial charge on any atom is -0.480 e. The third kappa shape index (κ3) is 4.87. The highest BCUT2D eigenvalue weighted by atomic mass is 32.2. The van der Waals surface area contributed by atoms with Crippen LogP contribution >= 0.6 is 0 Å². The van der Waals surface area contributed by atoms with Crippen molar-refractivity contribution in [3.8, 4) is 5.75 Å². The molecule has 1 aliphatic rings. The number of amides is 2. The molecule has 3 aromatic carbocycles. The molecule has 1 unspecified atom stereocenters. The van der Waals surface area contributed by atoms with Crippen LogP contribution in [0.25, 0.3) is 10.8 Å². The van der Waals surface area contributed by atoms with Gasteiger partial charge in [-0.2, -0.15) is 4.31 Å². The zero-order chi connectivity index (χ0) is 25.2. The van der Waals surface area contributed by atoms with Gasteiger partial charge in [0.1, 0.15) is 5.75 Å². The van der Waals surface area contributed by atoms with E-state index in [2.05, 4.69) is 0 Å². The number of likely N-dealkylation sites (N-methyl/N-ethyl adjacent to an activating group) is 1. The van der Waals surface area contributed by atoms with Gasteiger partial charge in [0.05, 0.1) is 16.1 Å². The predicted octanol–water partition coefficient (Wildman–Crippen LogP) is 3.54. The summed E-state index contributed by atoms with van der Waals surface area (Å²) in [6, 6.07) is 17.5. The summed E-state index contributed by atoms with van der Waals surface area (Å²) in [7, 11) is -3.74. The Hall–Kier alpha value is -3.43. The van der Waals surface area contributed by atoms with Crippen molar-refractivity contribution in [3.05, 3.63) is 66.2 Å². The fourth-order valence-corrected chi connectivity index (χ4v) is 5.94. The smallest absolute Gasteiger partial charge is 0.267 e. The number of ether oxygens (including phenoxy) is 1. The molecular formula is C26H29N3O5S. The molecule has 0 saturated carbocycles. The Balaban J connectivity index is 1.61. The SMILES string of the molecule is CCN(C(=O)C(C)Oc1ccc(S(=O)(=O)N2CCCC2)cc1C(N)=O)c1cccc2ccccc12. The van der Waals surface area contributed by atoms with Gasteiger partial charge >= 0.3 is 0 Å². The van der Waals surface area contributed by atoms with Crippen LogP contribution in [-0.4, -0.2) is 50.3 Å². The molecule has 0 aromatic heterocycles. The van der Waals surface area contributed by atoms with E-state index in [0.29, 0.717) is 19.6 Å². The Morgan fingerprint density at radius 1 is 1.06 bits per heavy atom. The largest absolute Gasteiger partial charge is 0.480 e. The summed E-state index contributed by atoms with van der Waals surface area (Å²) >= 11 is 0. The zero-order valence-corrected chi connectivity index (χ0v) is 20.6. The minimum absolute atomic E-state index is 0.0227. The summed E-state index contributed by atoms with van der Waals surface area (Å²) in [5.74, 6) is -1.07. The summed E-state index contributed by atoms with van der Waals surface area (Å²) in [6.45, 7) is 4.77. The van der Waals surface area contributed by atoms with Gasteiger partial charge in [0.25, 0.3) is 11.8 Å². The van der Waals surface area contributed by atoms with Crippen molar-refractivity contribution in [1.82, 2.24) is 4.31 Å². The average molecular weight is 496 g/mol. The number of hydrogen-bond acceptors (Lipinski definition) is 5. The van der Waals surface area contributed by atoms with Crippen molar-refractivity contribution in [3.63, 3.8) is 0 Å². The van der Waals surface area contributed by atoms with Crippen LogP contribution in [0.5, 0.6) is 5.75 Å². The van der Waals surface area contributed by atoms with Gasteiger partial charge in [-0.25, -0.2) is 8.42 Å². The van der Waals surface area contributed by atoms with Gasteiger partial charge in [0.15, 0.2) is 6.10 Å². The maximum absolute atomic E-state index is 13.4. The first-order valence-corrected chi connectivity index (χ1v) is 13.1.